The molecule has 0 unspecified atom stereocenters. The molecule has 4 amide bonds. The topological polar surface area (TPSA) is 107 Å². The molecule has 3 fully saturated rings. The van der Waals surface area contributed by atoms with Crippen LogP contribution in [0.2, 0.25) is 5.02 Å². The van der Waals surface area contributed by atoms with Crippen molar-refractivity contribution >= 4 is 46.6 Å². The Labute approximate surface area is 320 Å². The lowest BCUT2D eigenvalue weighted by atomic mass is 9.49. The van der Waals surface area contributed by atoms with Crippen molar-refractivity contribution in [2.75, 3.05) is 10.3 Å². The Morgan fingerprint density at radius 2 is 1.43 bits per heavy atom. The summed E-state index contributed by atoms with van der Waals surface area (Å²) >= 11 is 6.50. The number of halogens is 7. The standard InChI is InChI=1S/C41H30ClF6N3O5/c1-20-7-10-25(11-8-20)49-51-36(54)31-19-29-27(34(30-18-24(42)9-14-32(30)52)39(31,38(51)56)21-5-3-2-4-6-21)12-13-28-33(29)37(55)50(35(28)53)26-16-22(40(43,44)45)15-23(17-26)41(46,47)48/h2-12,14-18,28-29,31,33-34,49,52H,13,19H2,1H3/t28-,29+,31-,33-,34+,39+/m0/s1. The fourth-order valence-electron chi connectivity index (χ4n) is 9.17. The zero-order valence-corrected chi connectivity index (χ0v) is 29.9. The number of hydrogen-bond acceptors (Lipinski definition) is 6. The minimum Gasteiger partial charge on any atom is -0.508 e. The van der Waals surface area contributed by atoms with Gasteiger partial charge in [-0.1, -0.05) is 71.3 Å². The summed E-state index contributed by atoms with van der Waals surface area (Å²) in [6.07, 6.45) is -9.24. The third-order valence-electron chi connectivity index (χ3n) is 11.5. The van der Waals surface area contributed by atoms with Gasteiger partial charge in [-0.3, -0.25) is 24.6 Å². The summed E-state index contributed by atoms with van der Waals surface area (Å²) in [6.45, 7) is 1.86. The molecule has 6 atom stereocenters. The number of imide groups is 2. The molecule has 2 saturated heterocycles. The molecule has 2 N–H and O–H groups in total. The number of nitrogens with zero attached hydrogens (tertiary/aromatic N) is 2. The van der Waals surface area contributed by atoms with E-state index in [1.807, 2.05) is 6.92 Å². The van der Waals surface area contributed by atoms with E-state index in [-0.39, 0.29) is 35.2 Å². The highest BCUT2D eigenvalue weighted by Gasteiger charge is 2.70. The number of aryl methyl sites for hydroxylation is 1. The summed E-state index contributed by atoms with van der Waals surface area (Å²) in [5, 5.41) is 12.5. The summed E-state index contributed by atoms with van der Waals surface area (Å²) in [6, 6.07) is 20.1. The summed E-state index contributed by atoms with van der Waals surface area (Å²) in [4.78, 5) is 58.8. The predicted octanol–water partition coefficient (Wildman–Crippen LogP) is 8.58. The average molecular weight is 794 g/mol. The Balaban J connectivity index is 1.31. The second-order valence-electron chi connectivity index (χ2n) is 14.6. The van der Waals surface area contributed by atoms with Crippen molar-refractivity contribution < 1.29 is 50.6 Å². The first kappa shape index (κ1) is 37.3. The second-order valence-corrected chi connectivity index (χ2v) is 15.0. The molecular formula is C41H30ClF6N3O5. The number of phenolic OH excluding ortho intramolecular Hbond substituents is 1. The van der Waals surface area contributed by atoms with Gasteiger partial charge >= 0.3 is 12.4 Å². The number of fused-ring (bicyclic) bond motifs is 4. The maximum Gasteiger partial charge on any atom is 0.416 e. The van der Waals surface area contributed by atoms with Crippen LogP contribution in [0.25, 0.3) is 0 Å². The van der Waals surface area contributed by atoms with Gasteiger partial charge in [-0.15, -0.1) is 0 Å². The zero-order chi connectivity index (χ0) is 40.1. The van der Waals surface area contributed by atoms with Crippen molar-refractivity contribution in [3.05, 3.63) is 135 Å². The molecule has 15 heteroatoms. The first-order valence-electron chi connectivity index (χ1n) is 17.6. The Morgan fingerprint density at radius 3 is 2.05 bits per heavy atom. The van der Waals surface area contributed by atoms with Gasteiger partial charge in [0.05, 0.1) is 45.7 Å². The van der Waals surface area contributed by atoms with E-state index in [1.54, 1.807) is 60.7 Å². The lowest BCUT2D eigenvalue weighted by molar-refractivity contribution is -0.143. The van der Waals surface area contributed by atoms with Crippen LogP contribution in [0.15, 0.2) is 103 Å². The number of hydrazine groups is 1. The van der Waals surface area contributed by atoms with E-state index in [0.717, 1.165) is 10.6 Å². The van der Waals surface area contributed by atoms with Crippen LogP contribution in [0.5, 0.6) is 5.75 Å². The maximum absolute atomic E-state index is 15.2. The van der Waals surface area contributed by atoms with Gasteiger partial charge in [0.25, 0.3) is 11.8 Å². The third-order valence-corrected chi connectivity index (χ3v) is 11.8. The molecule has 2 aliphatic heterocycles. The first-order valence-corrected chi connectivity index (χ1v) is 17.9. The largest absolute Gasteiger partial charge is 0.508 e. The summed E-state index contributed by atoms with van der Waals surface area (Å²) in [7, 11) is 0. The zero-order valence-electron chi connectivity index (χ0n) is 29.2. The average Bonchev–Trinajstić information content (AvgIpc) is 3.53. The van der Waals surface area contributed by atoms with Gasteiger partial charge in [-0.05, 0) is 79.8 Å². The van der Waals surface area contributed by atoms with Crippen molar-refractivity contribution in [3.8, 4) is 5.75 Å². The van der Waals surface area contributed by atoms with Gasteiger partial charge in [-0.2, -0.15) is 31.4 Å². The SMILES string of the molecule is Cc1ccc(NN2C(=O)[C@@H]3C[C@@H]4C(=CC[C@@H]5C(=O)N(c6cc(C(F)(F)F)cc(C(F)(F)F)c6)C(=O)[C@@H]54)[C@H](c4cc(Cl)ccc4O)[C@]3(c3ccccc3)C2=O)cc1. The van der Waals surface area contributed by atoms with Gasteiger partial charge in [0.2, 0.25) is 11.8 Å². The quantitative estimate of drug-likeness (QED) is 0.119. The highest BCUT2D eigenvalue weighted by Crippen LogP contribution is 2.65. The molecule has 0 aromatic heterocycles. The number of rotatable bonds is 5. The van der Waals surface area contributed by atoms with Crippen LogP contribution in [0.4, 0.5) is 37.7 Å². The molecule has 0 spiro atoms. The summed E-state index contributed by atoms with van der Waals surface area (Å²) < 4.78 is 83.4. The molecule has 2 aliphatic carbocycles. The van der Waals surface area contributed by atoms with E-state index in [1.165, 1.54) is 18.2 Å². The van der Waals surface area contributed by atoms with Crippen molar-refractivity contribution in [3.63, 3.8) is 0 Å². The van der Waals surface area contributed by atoms with Crippen molar-refractivity contribution in [1.29, 1.82) is 0 Å². The van der Waals surface area contributed by atoms with E-state index < -0.39 is 87.8 Å². The van der Waals surface area contributed by atoms with Gasteiger partial charge < -0.3 is 5.11 Å². The molecule has 4 aromatic carbocycles. The summed E-state index contributed by atoms with van der Waals surface area (Å²) in [5.41, 5.74) is -0.859. The number of phenols is 1. The summed E-state index contributed by atoms with van der Waals surface area (Å²) in [5.74, 6) is -9.71. The fourth-order valence-corrected chi connectivity index (χ4v) is 9.35. The molecule has 4 aromatic rings. The Morgan fingerprint density at radius 1 is 0.786 bits per heavy atom. The van der Waals surface area contributed by atoms with Gasteiger partial charge in [-0.25, -0.2) is 4.90 Å². The van der Waals surface area contributed by atoms with Crippen LogP contribution in [0, 0.1) is 30.6 Å². The lowest BCUT2D eigenvalue weighted by Gasteiger charge is -2.50. The van der Waals surface area contributed by atoms with Crippen molar-refractivity contribution in [1.82, 2.24) is 5.01 Å². The van der Waals surface area contributed by atoms with Crippen LogP contribution in [-0.2, 0) is 36.9 Å². The van der Waals surface area contributed by atoms with Gasteiger partial charge in [0.15, 0.2) is 0 Å². The van der Waals surface area contributed by atoms with Gasteiger partial charge in [0.1, 0.15) is 5.75 Å². The van der Waals surface area contributed by atoms with Crippen LogP contribution in [0.1, 0.15) is 46.6 Å². The molecule has 8 rings (SSSR count). The molecule has 1 saturated carbocycles. The number of amides is 4. The number of anilines is 2. The number of aromatic hydroxyl groups is 1. The van der Waals surface area contributed by atoms with E-state index in [2.05, 4.69) is 5.43 Å². The third kappa shape index (κ3) is 5.67. The van der Waals surface area contributed by atoms with Crippen LogP contribution >= 0.6 is 11.6 Å². The van der Waals surface area contributed by atoms with E-state index >= 15 is 4.79 Å². The Hall–Kier alpha value is -5.63. The monoisotopic (exact) mass is 793 g/mol. The number of allylic oxidation sites excluding steroid dienone is 2. The smallest absolute Gasteiger partial charge is 0.416 e. The number of carbonyl (C=O) groups excluding carboxylic acids is 4. The van der Waals surface area contributed by atoms with E-state index in [4.69, 9.17) is 11.6 Å². The minimum atomic E-state index is -5.24. The minimum absolute atomic E-state index is 0.0906. The Bertz CT molecular complexity index is 2320. The molecule has 288 valence electrons. The highest BCUT2D eigenvalue weighted by atomic mass is 35.5. The Kier molecular flexibility index (Phi) is 8.64. The van der Waals surface area contributed by atoms with Crippen LogP contribution in [-0.4, -0.2) is 33.7 Å². The molecule has 0 radical (unpaired) electrons. The molecule has 4 aliphatic rings. The number of nitrogens with one attached hydrogen (secondary N) is 1. The second kappa shape index (κ2) is 13.0. The van der Waals surface area contributed by atoms with Gasteiger partial charge in [0, 0.05) is 16.5 Å². The molecule has 0 bridgehead atoms. The normalized spacial score (nSPS) is 26.2. The molecule has 8 nitrogen and oxygen atoms in total. The number of benzene rings is 4. The van der Waals surface area contributed by atoms with E-state index in [9.17, 15) is 45.8 Å². The van der Waals surface area contributed by atoms with Crippen molar-refractivity contribution in [2.45, 2.75) is 43.5 Å². The fraction of sp³-hybridized carbons (Fsp3) is 0.268. The van der Waals surface area contributed by atoms with E-state index in [0.29, 0.717) is 33.9 Å². The lowest BCUT2D eigenvalue weighted by Crippen LogP contribution is -2.53. The van der Waals surface area contributed by atoms with Crippen LogP contribution in [0.3, 0.4) is 0 Å². The van der Waals surface area contributed by atoms with Crippen molar-refractivity contribution in [2.24, 2.45) is 23.7 Å². The first-order chi connectivity index (χ1) is 26.4. The predicted molar refractivity (Wildman–Crippen MR) is 191 cm³/mol. The number of alkyl halides is 6. The maximum atomic E-state index is 15.2. The number of carbonyl (C=O) groups is 4. The molecule has 2 heterocycles. The highest BCUT2D eigenvalue weighted by molar-refractivity contribution is 6.30. The molecular weight excluding hydrogens is 764 g/mol. The molecule has 56 heavy (non-hydrogen) atoms. The number of hydrogen-bond donors (Lipinski definition) is 2. The van der Waals surface area contributed by atoms with Crippen LogP contribution < -0.4 is 10.3 Å².